The van der Waals surface area contributed by atoms with Crippen molar-refractivity contribution in [1.82, 2.24) is 5.32 Å². The predicted molar refractivity (Wildman–Crippen MR) is 68.3 cm³/mol. The van der Waals surface area contributed by atoms with Crippen LogP contribution < -0.4 is 16.2 Å². The zero-order valence-electron chi connectivity index (χ0n) is 10.9. The lowest BCUT2D eigenvalue weighted by Gasteiger charge is -2.26. The highest BCUT2D eigenvalue weighted by Crippen LogP contribution is 2.28. The first-order valence-electron chi connectivity index (χ1n) is 5.61. The lowest BCUT2D eigenvalue weighted by Crippen LogP contribution is -2.61. The van der Waals surface area contributed by atoms with E-state index in [0.29, 0.717) is 12.5 Å². The normalized spacial score (nSPS) is 15.3. The molecular weight excluding hydrogens is 311 g/mol. The summed E-state index contributed by atoms with van der Waals surface area (Å²) in [5.41, 5.74) is 2.34. The fraction of sp³-hybridized carbons (Fsp3) is 0.364. The van der Waals surface area contributed by atoms with Crippen molar-refractivity contribution in [3.8, 4) is 0 Å². The van der Waals surface area contributed by atoms with Crippen LogP contribution in [0.4, 0.5) is 13.2 Å². The molecule has 10 heteroatoms. The molecule has 0 saturated heterocycles. The van der Waals surface area contributed by atoms with Gasteiger partial charge in [-0.15, -0.1) is 0 Å². The minimum absolute atomic E-state index is 0.142. The van der Waals surface area contributed by atoms with Crippen LogP contribution in [0.25, 0.3) is 0 Å². The quantitative estimate of drug-likeness (QED) is 0.735. The summed E-state index contributed by atoms with van der Waals surface area (Å²) in [7, 11) is -3.85. The monoisotopic (exact) mass is 325 g/mol. The zero-order chi connectivity index (χ0) is 16.5. The second-order valence-corrected chi connectivity index (χ2v) is 6.13. The van der Waals surface area contributed by atoms with Crippen LogP contribution in [-0.4, -0.2) is 26.0 Å². The topological polar surface area (TPSA) is 115 Å². The Kier molecular flexibility index (Phi) is 4.66. The second-order valence-electron chi connectivity index (χ2n) is 4.57. The van der Waals surface area contributed by atoms with Crippen molar-refractivity contribution in [1.29, 1.82) is 0 Å². The summed E-state index contributed by atoms with van der Waals surface area (Å²) in [6.45, 7) is 0.332. The molecule has 0 aliphatic carbocycles. The number of carbonyl (C=O) groups is 1. The van der Waals surface area contributed by atoms with E-state index in [4.69, 9.17) is 10.9 Å². The van der Waals surface area contributed by atoms with Gasteiger partial charge in [0.1, 0.15) is 0 Å². The summed E-state index contributed by atoms with van der Waals surface area (Å²) in [6, 6.07) is 5.01. The summed E-state index contributed by atoms with van der Waals surface area (Å²) >= 11 is 0. The minimum atomic E-state index is -4.88. The van der Waals surface area contributed by atoms with Gasteiger partial charge in [0.05, 0.1) is 4.90 Å². The third kappa shape index (κ3) is 4.16. The molecule has 21 heavy (non-hydrogen) atoms. The number of hydrogen-bond acceptors (Lipinski definition) is 4. The van der Waals surface area contributed by atoms with Gasteiger partial charge < -0.3 is 11.1 Å². The van der Waals surface area contributed by atoms with E-state index in [1.54, 1.807) is 0 Å². The average Bonchev–Trinajstić information content (AvgIpc) is 2.33. The Morgan fingerprint density at radius 3 is 2.10 bits per heavy atom. The first-order valence-corrected chi connectivity index (χ1v) is 7.16. The number of primary sulfonamides is 1. The maximum atomic E-state index is 12.5. The van der Waals surface area contributed by atoms with Gasteiger partial charge in [-0.05, 0) is 24.6 Å². The Bertz CT molecular complexity index is 624. The van der Waals surface area contributed by atoms with E-state index in [9.17, 15) is 26.4 Å². The Hall–Kier alpha value is -1.65. The van der Waals surface area contributed by atoms with Gasteiger partial charge in [-0.3, -0.25) is 4.79 Å². The standard InChI is InChI=1S/C11H14F3N3O3S/c1-10(15,11(12,13)14)9(18)17-6-7-2-4-8(5-3-7)21(16,19)20/h2-5H,6,15H2,1H3,(H,17,18)(H2,16,19,20). The van der Waals surface area contributed by atoms with Crippen LogP contribution >= 0.6 is 0 Å². The van der Waals surface area contributed by atoms with Crippen molar-refractivity contribution in [2.45, 2.75) is 30.1 Å². The molecular formula is C11H14F3N3O3S. The van der Waals surface area contributed by atoms with Gasteiger partial charge in [0.25, 0.3) is 0 Å². The van der Waals surface area contributed by atoms with E-state index in [-0.39, 0.29) is 11.4 Å². The van der Waals surface area contributed by atoms with E-state index in [2.05, 4.69) is 0 Å². The molecule has 1 aromatic rings. The maximum Gasteiger partial charge on any atom is 0.415 e. The lowest BCUT2D eigenvalue weighted by atomic mass is 10.0. The first kappa shape index (κ1) is 17.4. The fourth-order valence-electron chi connectivity index (χ4n) is 1.29. The van der Waals surface area contributed by atoms with Gasteiger partial charge in [-0.2, -0.15) is 13.2 Å². The van der Waals surface area contributed by atoms with Gasteiger partial charge in [-0.1, -0.05) is 12.1 Å². The first-order chi connectivity index (χ1) is 9.35. The average molecular weight is 325 g/mol. The summed E-state index contributed by atoms with van der Waals surface area (Å²) in [4.78, 5) is 11.3. The van der Waals surface area contributed by atoms with E-state index in [0.717, 1.165) is 0 Å². The van der Waals surface area contributed by atoms with Crippen LogP contribution in [0.5, 0.6) is 0 Å². The molecule has 0 aliphatic rings. The number of rotatable bonds is 4. The molecule has 1 rings (SSSR count). The molecule has 0 aliphatic heterocycles. The molecule has 0 fully saturated rings. The third-order valence-corrected chi connectivity index (χ3v) is 3.69. The van der Waals surface area contributed by atoms with Crippen molar-refractivity contribution in [2.24, 2.45) is 10.9 Å². The molecule has 0 aromatic heterocycles. The molecule has 0 saturated carbocycles. The zero-order valence-corrected chi connectivity index (χ0v) is 11.8. The molecule has 5 N–H and O–H groups in total. The molecule has 1 amide bonds. The van der Waals surface area contributed by atoms with E-state index in [1.165, 1.54) is 24.3 Å². The number of nitrogens with one attached hydrogen (secondary N) is 1. The SMILES string of the molecule is CC(N)(C(=O)NCc1ccc(S(N)(=O)=O)cc1)C(F)(F)F. The number of halogens is 3. The van der Waals surface area contributed by atoms with Crippen LogP contribution in [-0.2, 0) is 21.4 Å². The van der Waals surface area contributed by atoms with E-state index < -0.39 is 27.6 Å². The van der Waals surface area contributed by atoms with Gasteiger partial charge in [0, 0.05) is 6.54 Å². The summed E-state index contributed by atoms with van der Waals surface area (Å²) in [6.07, 6.45) is -4.88. The van der Waals surface area contributed by atoms with Gasteiger partial charge in [-0.25, -0.2) is 13.6 Å². The predicted octanol–water partition coefficient (Wildman–Crippen LogP) is 0.230. The highest BCUT2D eigenvalue weighted by atomic mass is 32.2. The number of benzene rings is 1. The molecule has 0 radical (unpaired) electrons. The highest BCUT2D eigenvalue weighted by molar-refractivity contribution is 7.89. The number of hydrogen-bond donors (Lipinski definition) is 3. The smallest absolute Gasteiger partial charge is 0.350 e. The maximum absolute atomic E-state index is 12.5. The molecule has 0 heterocycles. The fourth-order valence-corrected chi connectivity index (χ4v) is 1.81. The Labute approximate surface area is 119 Å². The number of alkyl halides is 3. The van der Waals surface area contributed by atoms with Crippen LogP contribution in [0.15, 0.2) is 29.2 Å². The van der Waals surface area contributed by atoms with Crippen LogP contribution in [0, 0.1) is 0 Å². The van der Waals surface area contributed by atoms with Crippen LogP contribution in [0.3, 0.4) is 0 Å². The highest BCUT2D eigenvalue weighted by Gasteiger charge is 2.53. The number of carbonyl (C=O) groups excluding carboxylic acids is 1. The molecule has 1 aromatic carbocycles. The van der Waals surface area contributed by atoms with Crippen molar-refractivity contribution in [2.75, 3.05) is 0 Å². The largest absolute Gasteiger partial charge is 0.415 e. The van der Waals surface area contributed by atoms with Gasteiger partial charge in [0.2, 0.25) is 15.9 Å². The van der Waals surface area contributed by atoms with Gasteiger partial charge in [0.15, 0.2) is 5.54 Å². The summed E-state index contributed by atoms with van der Waals surface area (Å²) in [5.74, 6) is -1.38. The number of sulfonamides is 1. The minimum Gasteiger partial charge on any atom is -0.350 e. The lowest BCUT2D eigenvalue weighted by molar-refractivity contribution is -0.187. The third-order valence-electron chi connectivity index (χ3n) is 2.77. The molecule has 1 atom stereocenters. The van der Waals surface area contributed by atoms with Crippen LogP contribution in [0.1, 0.15) is 12.5 Å². The van der Waals surface area contributed by atoms with Crippen LogP contribution in [0.2, 0.25) is 0 Å². The Morgan fingerprint density at radius 2 is 1.71 bits per heavy atom. The Balaban J connectivity index is 2.75. The molecule has 6 nitrogen and oxygen atoms in total. The van der Waals surface area contributed by atoms with Crippen molar-refractivity contribution >= 4 is 15.9 Å². The van der Waals surface area contributed by atoms with Gasteiger partial charge >= 0.3 is 6.18 Å². The van der Waals surface area contributed by atoms with Crippen molar-refractivity contribution in [3.05, 3.63) is 29.8 Å². The van der Waals surface area contributed by atoms with E-state index >= 15 is 0 Å². The molecule has 0 bridgehead atoms. The second kappa shape index (κ2) is 5.62. The molecule has 1 unspecified atom stereocenters. The molecule has 118 valence electrons. The van der Waals surface area contributed by atoms with Crippen molar-refractivity contribution in [3.63, 3.8) is 0 Å². The summed E-state index contributed by atoms with van der Waals surface area (Å²) < 4.78 is 59.6. The Morgan fingerprint density at radius 1 is 1.24 bits per heavy atom. The number of nitrogens with two attached hydrogens (primary N) is 2. The van der Waals surface area contributed by atoms with Crippen molar-refractivity contribution < 1.29 is 26.4 Å². The summed E-state index contributed by atoms with van der Waals surface area (Å²) in [5, 5.41) is 6.93. The molecule has 0 spiro atoms. The number of amides is 1. The van der Waals surface area contributed by atoms with E-state index in [1.807, 2.05) is 5.32 Å².